The molecule has 2 aromatic carbocycles. The van der Waals surface area contributed by atoms with Gasteiger partial charge in [0.2, 0.25) is 5.91 Å². The van der Waals surface area contributed by atoms with E-state index < -0.39 is 0 Å². The number of nitrogens with one attached hydrogen (secondary N) is 1. The molecule has 2 aromatic heterocycles. The van der Waals surface area contributed by atoms with Gasteiger partial charge in [-0.25, -0.2) is 9.67 Å². The number of fused-ring (bicyclic) bond motifs is 1. The van der Waals surface area contributed by atoms with E-state index in [1.54, 1.807) is 11.8 Å². The van der Waals surface area contributed by atoms with Gasteiger partial charge in [-0.2, -0.15) is 5.10 Å². The van der Waals surface area contributed by atoms with Gasteiger partial charge >= 0.3 is 0 Å². The monoisotopic (exact) mass is 417 g/mol. The summed E-state index contributed by atoms with van der Waals surface area (Å²) in [6, 6.07) is 17.2. The number of amides is 1. The van der Waals surface area contributed by atoms with Crippen molar-refractivity contribution < 1.29 is 9.53 Å². The molecule has 0 atom stereocenters. The number of ether oxygens (including phenoxy) is 1. The molecule has 158 valence electrons. The fourth-order valence-corrected chi connectivity index (χ4v) is 3.42. The van der Waals surface area contributed by atoms with Crippen molar-refractivity contribution in [2.24, 2.45) is 0 Å². The molecule has 1 amide bonds. The fourth-order valence-electron chi connectivity index (χ4n) is 3.42. The van der Waals surface area contributed by atoms with Crippen LogP contribution in [0.15, 0.2) is 71.9 Å². The molecule has 0 aliphatic heterocycles. The fraction of sp³-hybridized carbons (Fsp3) is 0.217. The number of aromatic nitrogens is 4. The van der Waals surface area contributed by atoms with E-state index in [-0.39, 0.29) is 24.4 Å². The van der Waals surface area contributed by atoms with Gasteiger partial charge in [0.15, 0.2) is 5.65 Å². The van der Waals surface area contributed by atoms with E-state index in [4.69, 9.17) is 4.74 Å². The topological polar surface area (TPSA) is 91.0 Å². The predicted molar refractivity (Wildman–Crippen MR) is 117 cm³/mol. The quantitative estimate of drug-likeness (QED) is 0.475. The highest BCUT2D eigenvalue weighted by molar-refractivity contribution is 5.76. The zero-order valence-electron chi connectivity index (χ0n) is 17.2. The third kappa shape index (κ3) is 4.48. The third-order valence-electron chi connectivity index (χ3n) is 5.04. The van der Waals surface area contributed by atoms with Gasteiger partial charge in [-0.1, -0.05) is 36.4 Å². The first-order valence-electron chi connectivity index (χ1n) is 10.0. The molecular formula is C23H23N5O3. The van der Waals surface area contributed by atoms with Crippen LogP contribution >= 0.6 is 0 Å². The average molecular weight is 417 g/mol. The molecule has 0 saturated carbocycles. The molecule has 31 heavy (non-hydrogen) atoms. The summed E-state index contributed by atoms with van der Waals surface area (Å²) in [7, 11) is 1.63. The Labute approximate surface area is 179 Å². The Hall–Kier alpha value is -3.94. The Morgan fingerprint density at radius 1 is 1.10 bits per heavy atom. The number of hydrogen-bond donors (Lipinski definition) is 1. The van der Waals surface area contributed by atoms with Crippen molar-refractivity contribution in [3.63, 3.8) is 0 Å². The van der Waals surface area contributed by atoms with E-state index in [0.29, 0.717) is 24.0 Å². The van der Waals surface area contributed by atoms with Gasteiger partial charge in [-0.05, 0) is 30.2 Å². The van der Waals surface area contributed by atoms with Crippen LogP contribution < -0.4 is 15.6 Å². The molecule has 1 N–H and O–H groups in total. The molecule has 0 fully saturated rings. The van der Waals surface area contributed by atoms with Crippen molar-refractivity contribution in [1.82, 2.24) is 24.6 Å². The zero-order chi connectivity index (χ0) is 21.6. The van der Waals surface area contributed by atoms with Gasteiger partial charge in [-0.15, -0.1) is 0 Å². The SMILES string of the molecule is COc1ccccc1CCNC(=O)CCn1cnc2c(cnn2-c2ccccc2)c1=O. The van der Waals surface area contributed by atoms with E-state index in [1.807, 2.05) is 54.6 Å². The maximum atomic E-state index is 12.8. The summed E-state index contributed by atoms with van der Waals surface area (Å²) >= 11 is 0. The minimum Gasteiger partial charge on any atom is -0.496 e. The summed E-state index contributed by atoms with van der Waals surface area (Å²) in [5.41, 5.74) is 2.14. The number of carbonyl (C=O) groups excluding carboxylic acids is 1. The standard InChI is InChI=1S/C23H23N5O3/c1-31-20-10-6-5-7-17(20)11-13-24-21(29)12-14-27-16-25-22-19(23(27)30)15-26-28(22)18-8-3-2-4-9-18/h2-10,15-16H,11-14H2,1H3,(H,24,29). The summed E-state index contributed by atoms with van der Waals surface area (Å²) < 4.78 is 8.40. The van der Waals surface area contributed by atoms with Crippen molar-refractivity contribution in [2.45, 2.75) is 19.4 Å². The van der Waals surface area contributed by atoms with E-state index >= 15 is 0 Å². The molecule has 4 rings (SSSR count). The summed E-state index contributed by atoms with van der Waals surface area (Å²) in [5.74, 6) is 0.681. The third-order valence-corrected chi connectivity index (χ3v) is 5.04. The van der Waals surface area contributed by atoms with Gasteiger partial charge < -0.3 is 10.1 Å². The first-order valence-corrected chi connectivity index (χ1v) is 10.0. The van der Waals surface area contributed by atoms with Crippen LogP contribution in [0.25, 0.3) is 16.7 Å². The number of rotatable bonds is 8. The van der Waals surface area contributed by atoms with Crippen LogP contribution in [-0.4, -0.2) is 38.9 Å². The van der Waals surface area contributed by atoms with Gasteiger partial charge in [0.25, 0.3) is 5.56 Å². The van der Waals surface area contributed by atoms with Crippen LogP contribution in [0.4, 0.5) is 0 Å². The van der Waals surface area contributed by atoms with Gasteiger partial charge in [0.05, 0.1) is 25.3 Å². The van der Waals surface area contributed by atoms with E-state index in [1.165, 1.54) is 17.1 Å². The Bertz CT molecular complexity index is 1250. The van der Waals surface area contributed by atoms with Gasteiger partial charge in [0.1, 0.15) is 11.1 Å². The highest BCUT2D eigenvalue weighted by atomic mass is 16.5. The van der Waals surface area contributed by atoms with Crippen molar-refractivity contribution in [1.29, 1.82) is 0 Å². The smallest absolute Gasteiger partial charge is 0.264 e. The lowest BCUT2D eigenvalue weighted by molar-refractivity contribution is -0.121. The maximum Gasteiger partial charge on any atom is 0.264 e. The van der Waals surface area contributed by atoms with Crippen LogP contribution in [0.3, 0.4) is 0 Å². The van der Waals surface area contributed by atoms with Gasteiger partial charge in [-0.3, -0.25) is 14.2 Å². The molecule has 8 heteroatoms. The van der Waals surface area contributed by atoms with Gasteiger partial charge in [0, 0.05) is 19.5 Å². The van der Waals surface area contributed by atoms with Crippen molar-refractivity contribution in [3.8, 4) is 11.4 Å². The molecule has 4 aromatic rings. The number of para-hydroxylation sites is 2. The molecule has 2 heterocycles. The van der Waals surface area contributed by atoms with Crippen LogP contribution in [0.1, 0.15) is 12.0 Å². The Balaban J connectivity index is 1.37. The molecule has 0 unspecified atom stereocenters. The average Bonchev–Trinajstić information content (AvgIpc) is 3.24. The molecule has 8 nitrogen and oxygen atoms in total. The van der Waals surface area contributed by atoms with E-state index in [2.05, 4.69) is 15.4 Å². The number of methoxy groups -OCH3 is 1. The second-order valence-electron chi connectivity index (χ2n) is 7.03. The number of benzene rings is 2. The first-order chi connectivity index (χ1) is 15.2. The highest BCUT2D eigenvalue weighted by Gasteiger charge is 2.12. The molecule has 0 aliphatic carbocycles. The lowest BCUT2D eigenvalue weighted by Gasteiger charge is -2.10. The second-order valence-corrected chi connectivity index (χ2v) is 7.03. The van der Waals surface area contributed by atoms with Crippen LogP contribution in [0.2, 0.25) is 0 Å². The molecule has 0 bridgehead atoms. The molecule has 0 aliphatic rings. The minimum absolute atomic E-state index is 0.123. The van der Waals surface area contributed by atoms with Crippen LogP contribution in [-0.2, 0) is 17.8 Å². The number of hydrogen-bond acceptors (Lipinski definition) is 5. The van der Waals surface area contributed by atoms with Crippen molar-refractivity contribution in [2.75, 3.05) is 13.7 Å². The minimum atomic E-state index is -0.214. The summed E-state index contributed by atoms with van der Waals surface area (Å²) in [4.78, 5) is 29.4. The van der Waals surface area contributed by atoms with Crippen LogP contribution in [0.5, 0.6) is 5.75 Å². The molecule has 0 radical (unpaired) electrons. The number of nitrogens with zero attached hydrogens (tertiary/aromatic N) is 4. The van der Waals surface area contributed by atoms with E-state index in [9.17, 15) is 9.59 Å². The van der Waals surface area contributed by atoms with Crippen molar-refractivity contribution in [3.05, 3.63) is 83.0 Å². The highest BCUT2D eigenvalue weighted by Crippen LogP contribution is 2.17. The Morgan fingerprint density at radius 2 is 1.87 bits per heavy atom. The largest absolute Gasteiger partial charge is 0.496 e. The lowest BCUT2D eigenvalue weighted by Crippen LogP contribution is -2.29. The van der Waals surface area contributed by atoms with Crippen molar-refractivity contribution >= 4 is 16.9 Å². The predicted octanol–water partition coefficient (Wildman–Crippen LogP) is 2.34. The molecule has 0 saturated heterocycles. The summed E-state index contributed by atoms with van der Waals surface area (Å²) in [5, 5.41) is 7.61. The Kier molecular flexibility index (Phi) is 6.07. The number of carbonyl (C=O) groups is 1. The molecular weight excluding hydrogens is 394 g/mol. The Morgan fingerprint density at radius 3 is 2.68 bits per heavy atom. The maximum absolute atomic E-state index is 12.8. The lowest BCUT2D eigenvalue weighted by atomic mass is 10.1. The molecule has 0 spiro atoms. The first kappa shape index (κ1) is 20.3. The number of aryl methyl sites for hydroxylation is 1. The summed E-state index contributed by atoms with van der Waals surface area (Å²) in [6.07, 6.45) is 3.84. The summed E-state index contributed by atoms with van der Waals surface area (Å²) in [6.45, 7) is 0.744. The van der Waals surface area contributed by atoms with Crippen LogP contribution in [0, 0.1) is 0 Å². The van der Waals surface area contributed by atoms with E-state index in [0.717, 1.165) is 17.0 Å². The normalized spacial score (nSPS) is 10.9. The second kappa shape index (κ2) is 9.25. The zero-order valence-corrected chi connectivity index (χ0v) is 17.2.